The summed E-state index contributed by atoms with van der Waals surface area (Å²) in [7, 11) is 0. The Bertz CT molecular complexity index is 817. The van der Waals surface area contributed by atoms with E-state index in [4.69, 9.17) is 16.5 Å². The number of rotatable bonds is 8. The molecule has 2 aromatic heterocycles. The van der Waals surface area contributed by atoms with Gasteiger partial charge in [-0.2, -0.15) is 0 Å². The van der Waals surface area contributed by atoms with Gasteiger partial charge in [0.1, 0.15) is 11.6 Å². The molecule has 0 atom stereocenters. The second-order valence-electron chi connectivity index (χ2n) is 5.71. The van der Waals surface area contributed by atoms with Crippen LogP contribution in [0.15, 0.2) is 36.4 Å². The van der Waals surface area contributed by atoms with Crippen LogP contribution in [-0.2, 0) is 0 Å². The SMILES string of the molecule is NCCCNc1ccc2c(n1)nc(NCCCN)c1ccccc12. The van der Waals surface area contributed by atoms with E-state index in [9.17, 15) is 0 Å². The average molecular weight is 324 g/mol. The van der Waals surface area contributed by atoms with E-state index >= 15 is 0 Å². The van der Waals surface area contributed by atoms with Gasteiger partial charge in [0, 0.05) is 23.9 Å². The van der Waals surface area contributed by atoms with Crippen molar-refractivity contribution in [2.75, 3.05) is 36.8 Å². The second-order valence-corrected chi connectivity index (χ2v) is 5.71. The van der Waals surface area contributed by atoms with Gasteiger partial charge in [-0.3, -0.25) is 0 Å². The number of nitrogens with two attached hydrogens (primary N) is 2. The van der Waals surface area contributed by atoms with Gasteiger partial charge < -0.3 is 22.1 Å². The molecule has 0 fully saturated rings. The van der Waals surface area contributed by atoms with E-state index in [0.717, 1.165) is 59.4 Å². The molecular weight excluding hydrogens is 300 g/mol. The summed E-state index contributed by atoms with van der Waals surface area (Å²) in [6, 6.07) is 12.3. The number of nitrogens with zero attached hydrogens (tertiary/aromatic N) is 2. The van der Waals surface area contributed by atoms with Crippen LogP contribution in [0.1, 0.15) is 12.8 Å². The fourth-order valence-corrected chi connectivity index (χ4v) is 2.70. The van der Waals surface area contributed by atoms with Gasteiger partial charge in [0.25, 0.3) is 0 Å². The lowest BCUT2D eigenvalue weighted by atomic mass is 10.1. The van der Waals surface area contributed by atoms with Crippen molar-refractivity contribution in [3.63, 3.8) is 0 Å². The number of fused-ring (bicyclic) bond motifs is 3. The van der Waals surface area contributed by atoms with Gasteiger partial charge in [-0.05, 0) is 43.5 Å². The monoisotopic (exact) mass is 324 g/mol. The van der Waals surface area contributed by atoms with Crippen LogP contribution in [0.4, 0.5) is 11.6 Å². The third-order valence-corrected chi connectivity index (χ3v) is 3.93. The number of anilines is 2. The first-order valence-corrected chi connectivity index (χ1v) is 8.41. The Morgan fingerprint density at radius 3 is 2.21 bits per heavy atom. The number of hydrogen-bond acceptors (Lipinski definition) is 6. The van der Waals surface area contributed by atoms with E-state index in [1.165, 1.54) is 0 Å². The highest BCUT2D eigenvalue weighted by Gasteiger charge is 2.09. The molecule has 0 amide bonds. The fourth-order valence-electron chi connectivity index (χ4n) is 2.70. The highest BCUT2D eigenvalue weighted by atomic mass is 15.1. The van der Waals surface area contributed by atoms with E-state index in [0.29, 0.717) is 13.1 Å². The number of benzene rings is 1. The van der Waals surface area contributed by atoms with E-state index in [2.05, 4.69) is 33.8 Å². The molecule has 3 aromatic rings. The van der Waals surface area contributed by atoms with Crippen LogP contribution in [0.5, 0.6) is 0 Å². The number of nitrogens with one attached hydrogen (secondary N) is 2. The Hall–Kier alpha value is -2.44. The Kier molecular flexibility index (Phi) is 5.40. The summed E-state index contributed by atoms with van der Waals surface area (Å²) in [6.07, 6.45) is 1.82. The lowest BCUT2D eigenvalue weighted by Gasteiger charge is -2.12. The van der Waals surface area contributed by atoms with Crippen molar-refractivity contribution < 1.29 is 0 Å². The largest absolute Gasteiger partial charge is 0.370 e. The number of pyridine rings is 2. The summed E-state index contributed by atoms with van der Waals surface area (Å²) in [6.45, 7) is 2.93. The van der Waals surface area contributed by atoms with Gasteiger partial charge in [0.15, 0.2) is 5.65 Å². The molecule has 1 aromatic carbocycles. The van der Waals surface area contributed by atoms with Gasteiger partial charge in [-0.1, -0.05) is 24.3 Å². The minimum absolute atomic E-state index is 0.659. The molecule has 6 heteroatoms. The van der Waals surface area contributed by atoms with Gasteiger partial charge in [0.05, 0.1) is 0 Å². The number of aromatic nitrogens is 2. The molecule has 6 nitrogen and oxygen atoms in total. The van der Waals surface area contributed by atoms with E-state index in [1.54, 1.807) is 0 Å². The molecule has 24 heavy (non-hydrogen) atoms. The van der Waals surface area contributed by atoms with E-state index < -0.39 is 0 Å². The lowest BCUT2D eigenvalue weighted by molar-refractivity contribution is 0.870. The van der Waals surface area contributed by atoms with Gasteiger partial charge in [-0.15, -0.1) is 0 Å². The minimum atomic E-state index is 0.659. The van der Waals surface area contributed by atoms with Crippen molar-refractivity contribution in [1.29, 1.82) is 0 Å². The molecule has 2 heterocycles. The highest BCUT2D eigenvalue weighted by molar-refractivity contribution is 6.09. The van der Waals surface area contributed by atoms with Crippen molar-refractivity contribution in [3.8, 4) is 0 Å². The summed E-state index contributed by atoms with van der Waals surface area (Å²) < 4.78 is 0. The topological polar surface area (TPSA) is 102 Å². The first-order chi connectivity index (χ1) is 11.8. The van der Waals surface area contributed by atoms with Gasteiger partial charge >= 0.3 is 0 Å². The fraction of sp³-hybridized carbons (Fsp3) is 0.333. The molecule has 0 aliphatic carbocycles. The molecule has 0 bridgehead atoms. The Morgan fingerprint density at radius 2 is 1.46 bits per heavy atom. The maximum Gasteiger partial charge on any atom is 0.164 e. The zero-order valence-electron chi connectivity index (χ0n) is 13.8. The molecule has 0 radical (unpaired) electrons. The van der Waals surface area contributed by atoms with Crippen molar-refractivity contribution in [1.82, 2.24) is 9.97 Å². The predicted octanol–water partition coefficient (Wildman–Crippen LogP) is 2.30. The van der Waals surface area contributed by atoms with E-state index in [1.807, 2.05) is 18.2 Å². The smallest absolute Gasteiger partial charge is 0.164 e. The molecule has 0 spiro atoms. The summed E-state index contributed by atoms with van der Waals surface area (Å²) in [5, 5.41) is 9.98. The van der Waals surface area contributed by atoms with E-state index in [-0.39, 0.29) is 0 Å². The second kappa shape index (κ2) is 7.90. The van der Waals surface area contributed by atoms with Crippen LogP contribution in [0, 0.1) is 0 Å². The summed E-state index contributed by atoms with van der Waals surface area (Å²) in [4.78, 5) is 9.39. The van der Waals surface area contributed by atoms with Crippen LogP contribution >= 0.6 is 0 Å². The normalized spacial score (nSPS) is 11.1. The van der Waals surface area contributed by atoms with Crippen molar-refractivity contribution in [3.05, 3.63) is 36.4 Å². The molecule has 0 aliphatic rings. The zero-order valence-corrected chi connectivity index (χ0v) is 13.8. The lowest BCUT2D eigenvalue weighted by Crippen LogP contribution is -2.10. The van der Waals surface area contributed by atoms with Gasteiger partial charge in [-0.25, -0.2) is 9.97 Å². The zero-order chi connectivity index (χ0) is 16.8. The molecule has 0 saturated heterocycles. The van der Waals surface area contributed by atoms with Crippen LogP contribution in [0.25, 0.3) is 21.8 Å². The first-order valence-electron chi connectivity index (χ1n) is 8.41. The van der Waals surface area contributed by atoms with Crippen LogP contribution < -0.4 is 22.1 Å². The molecule has 3 rings (SSSR count). The minimum Gasteiger partial charge on any atom is -0.370 e. The first kappa shape index (κ1) is 16.4. The summed E-state index contributed by atoms with van der Waals surface area (Å²) >= 11 is 0. The highest BCUT2D eigenvalue weighted by Crippen LogP contribution is 2.29. The predicted molar refractivity (Wildman–Crippen MR) is 101 cm³/mol. The van der Waals surface area contributed by atoms with Crippen LogP contribution in [0.3, 0.4) is 0 Å². The molecule has 6 N–H and O–H groups in total. The molecule has 126 valence electrons. The van der Waals surface area contributed by atoms with Crippen molar-refractivity contribution in [2.24, 2.45) is 11.5 Å². The van der Waals surface area contributed by atoms with Gasteiger partial charge in [0.2, 0.25) is 0 Å². The van der Waals surface area contributed by atoms with Crippen LogP contribution in [-0.4, -0.2) is 36.1 Å². The maximum absolute atomic E-state index is 5.58. The summed E-state index contributed by atoms with van der Waals surface area (Å²) in [5.74, 6) is 1.68. The van der Waals surface area contributed by atoms with Crippen molar-refractivity contribution in [2.45, 2.75) is 12.8 Å². The standard InChI is InChI=1S/C18H24N6/c19-9-3-11-21-16-8-7-15-13-5-1-2-6-14(13)17(22-12-4-10-20)24-18(15)23-16/h1-2,5-8H,3-4,9-12,19-20H2,(H2,21,22,23,24). The molecule has 0 aliphatic heterocycles. The molecule has 0 saturated carbocycles. The molecular formula is C18H24N6. The molecule has 0 unspecified atom stereocenters. The maximum atomic E-state index is 5.58. The third-order valence-electron chi connectivity index (χ3n) is 3.93. The average Bonchev–Trinajstić information content (AvgIpc) is 2.62. The van der Waals surface area contributed by atoms with Crippen molar-refractivity contribution >= 4 is 33.4 Å². The number of hydrogen-bond donors (Lipinski definition) is 4. The summed E-state index contributed by atoms with van der Waals surface area (Å²) in [5.41, 5.74) is 11.9. The van der Waals surface area contributed by atoms with Crippen LogP contribution in [0.2, 0.25) is 0 Å². The quantitative estimate of drug-likeness (QED) is 0.375. The third kappa shape index (κ3) is 3.55. The Balaban J connectivity index is 2.01. The Morgan fingerprint density at radius 1 is 0.750 bits per heavy atom. The Labute approximate surface area is 141 Å².